The average Bonchev–Trinajstić information content (AvgIpc) is 2.61. The molecule has 0 radical (unpaired) electrons. The van der Waals surface area contributed by atoms with E-state index in [2.05, 4.69) is 9.79 Å². The van der Waals surface area contributed by atoms with Gasteiger partial charge in [-0.2, -0.15) is 0 Å². The largest absolute Gasteiger partial charge is 0.388 e. The van der Waals surface area contributed by atoms with Crippen LogP contribution in [0.1, 0.15) is 5.69 Å². The molecule has 0 saturated carbocycles. The van der Waals surface area contributed by atoms with E-state index in [4.69, 9.17) is 5.11 Å². The minimum Gasteiger partial charge on any atom is -0.388 e. The molecule has 5 heteroatoms. The molecule has 1 heterocycles. The van der Waals surface area contributed by atoms with Gasteiger partial charge < -0.3 is 10.3 Å². The van der Waals surface area contributed by atoms with Crippen molar-refractivity contribution in [2.24, 2.45) is 0 Å². The van der Waals surface area contributed by atoms with E-state index in [9.17, 15) is 5.21 Å². The molecule has 2 aromatic rings. The van der Waals surface area contributed by atoms with Crippen molar-refractivity contribution in [3.05, 3.63) is 41.2 Å². The van der Waals surface area contributed by atoms with E-state index in [0.29, 0.717) is 5.69 Å². The van der Waals surface area contributed by atoms with Gasteiger partial charge in [-0.15, -0.1) is 0 Å². The molecule has 1 aromatic heterocycles. The molecule has 0 amide bonds. The van der Waals surface area contributed by atoms with Crippen molar-refractivity contribution in [1.82, 2.24) is 5.16 Å². The molecule has 0 fully saturated rings. The van der Waals surface area contributed by atoms with Gasteiger partial charge in [-0.1, -0.05) is 30.3 Å². The molecule has 1 N–H and O–H groups in total. The van der Waals surface area contributed by atoms with E-state index >= 15 is 0 Å². The van der Waals surface area contributed by atoms with Gasteiger partial charge in [-0.05, 0) is 4.90 Å². The van der Waals surface area contributed by atoms with E-state index in [1.165, 1.54) is 0 Å². The summed E-state index contributed by atoms with van der Waals surface area (Å²) in [7, 11) is 0. The normalized spacial score (nSPS) is 10.4. The Bertz CT molecular complexity index is 425. The maximum absolute atomic E-state index is 11.0. The third-order valence-corrected chi connectivity index (χ3v) is 1.90. The third-order valence-electron chi connectivity index (χ3n) is 1.90. The van der Waals surface area contributed by atoms with Gasteiger partial charge in [0.2, 0.25) is 5.69 Å². The van der Waals surface area contributed by atoms with Crippen LogP contribution in [0.25, 0.3) is 11.3 Å². The van der Waals surface area contributed by atoms with Crippen LogP contribution in [0, 0.1) is 5.21 Å². The zero-order valence-corrected chi connectivity index (χ0v) is 7.25. The van der Waals surface area contributed by atoms with Crippen molar-refractivity contribution in [2.45, 2.75) is 6.61 Å². The maximum atomic E-state index is 11.0. The fourth-order valence-electron chi connectivity index (χ4n) is 1.21. The second-order valence-electron chi connectivity index (χ2n) is 2.75. The Morgan fingerprint density at radius 3 is 2.71 bits per heavy atom. The molecule has 0 aliphatic heterocycles. The van der Waals surface area contributed by atoms with Gasteiger partial charge in [0.15, 0.2) is 0 Å². The number of aromatic nitrogens is 2. The summed E-state index contributed by atoms with van der Waals surface area (Å²) in [6.07, 6.45) is 0. The summed E-state index contributed by atoms with van der Waals surface area (Å²) in [5.41, 5.74) is 1.24. The zero-order chi connectivity index (χ0) is 9.97. The molecule has 5 nitrogen and oxygen atoms in total. The lowest BCUT2D eigenvalue weighted by molar-refractivity contribution is -0.809. The Labute approximate surface area is 79.7 Å². The first-order valence-corrected chi connectivity index (χ1v) is 4.08. The molecule has 2 rings (SSSR count). The second-order valence-corrected chi connectivity index (χ2v) is 2.75. The Morgan fingerprint density at radius 1 is 1.36 bits per heavy atom. The van der Waals surface area contributed by atoms with E-state index in [1.807, 2.05) is 18.2 Å². The summed E-state index contributed by atoms with van der Waals surface area (Å²) in [5, 5.41) is 23.5. The lowest BCUT2D eigenvalue weighted by Crippen LogP contribution is -2.28. The minimum atomic E-state index is -0.392. The van der Waals surface area contributed by atoms with Gasteiger partial charge >= 0.3 is 0 Å². The fraction of sp³-hybridized carbons (Fsp3) is 0.111. The first kappa shape index (κ1) is 8.71. The van der Waals surface area contributed by atoms with Crippen LogP contribution < -0.4 is 4.90 Å². The summed E-state index contributed by atoms with van der Waals surface area (Å²) in [5.74, 6) is 0. The first-order chi connectivity index (χ1) is 6.83. The molecular formula is C9H8N2O3. The SMILES string of the molecule is [O-][15n+]1o[15n]c(-c2ccccc2)c1CO. The van der Waals surface area contributed by atoms with Crippen molar-refractivity contribution in [3.8, 4) is 11.3 Å². The van der Waals surface area contributed by atoms with Crippen LogP contribution in [-0.4, -0.2) is 10.3 Å². The smallest absolute Gasteiger partial charge is 0.253 e. The minimum absolute atomic E-state index is 0.121. The van der Waals surface area contributed by atoms with Crippen LogP contribution in [0.15, 0.2) is 35.0 Å². The van der Waals surface area contributed by atoms with E-state index in [1.54, 1.807) is 12.1 Å². The highest BCUT2D eigenvalue weighted by Crippen LogP contribution is 2.18. The number of hydrogen-bond acceptors (Lipinski definition) is 4. The highest BCUT2D eigenvalue weighted by Gasteiger charge is 2.19. The molecule has 0 aliphatic carbocycles. The summed E-state index contributed by atoms with van der Waals surface area (Å²) < 4.78 is 4.39. The molecule has 0 atom stereocenters. The monoisotopic (exact) mass is 194 g/mol. The molecule has 0 unspecified atom stereocenters. The predicted octanol–water partition coefficient (Wildman–Crippen LogP) is 0.467. The van der Waals surface area contributed by atoms with E-state index in [0.717, 1.165) is 5.56 Å². The lowest BCUT2D eigenvalue weighted by Gasteiger charge is -1.93. The topological polar surface area (TPSA) is 73.2 Å². The molecule has 1 aromatic carbocycles. The van der Waals surface area contributed by atoms with Crippen LogP contribution >= 0.6 is 0 Å². The fourth-order valence-corrected chi connectivity index (χ4v) is 1.21. The molecule has 0 saturated heterocycles. The van der Waals surface area contributed by atoms with Gasteiger partial charge in [-0.3, -0.25) is 4.63 Å². The Kier molecular flexibility index (Phi) is 2.16. The molecule has 0 bridgehead atoms. The Morgan fingerprint density at radius 2 is 2.07 bits per heavy atom. The van der Waals surface area contributed by atoms with Gasteiger partial charge in [0.25, 0.3) is 5.69 Å². The number of aliphatic hydroxyl groups excluding tert-OH is 1. The average molecular weight is 194 g/mol. The van der Waals surface area contributed by atoms with Gasteiger partial charge in [0, 0.05) is 10.7 Å². The van der Waals surface area contributed by atoms with Crippen molar-refractivity contribution < 1.29 is 14.6 Å². The first-order valence-electron chi connectivity index (χ1n) is 4.08. The highest BCUT2D eigenvalue weighted by molar-refractivity contribution is 5.59. The number of hydrogen-bond donors (Lipinski definition) is 1. The van der Waals surface area contributed by atoms with E-state index in [-0.39, 0.29) is 10.6 Å². The summed E-state index contributed by atoms with van der Waals surface area (Å²) >= 11 is 0. The zero-order valence-electron chi connectivity index (χ0n) is 7.25. The standard InChI is InChI=1S/C9H8N2O3/c12-6-8-9(10-14-11(8)13)7-4-2-1-3-5-7/h1-5,12H,6H2/i10+1,11+1. The summed E-state index contributed by atoms with van der Waals surface area (Å²) in [6, 6.07) is 9.07. The predicted molar refractivity (Wildman–Crippen MR) is 46.8 cm³/mol. The van der Waals surface area contributed by atoms with Crippen molar-refractivity contribution >= 4 is 0 Å². The van der Waals surface area contributed by atoms with Crippen molar-refractivity contribution in [1.29, 1.82) is 0 Å². The van der Waals surface area contributed by atoms with Gasteiger partial charge in [-0.25, -0.2) is 0 Å². The Balaban J connectivity index is 2.52. The van der Waals surface area contributed by atoms with E-state index < -0.39 is 6.61 Å². The molecule has 0 aliphatic rings. The summed E-state index contributed by atoms with van der Waals surface area (Å²) in [6.45, 7) is -0.392. The van der Waals surface area contributed by atoms with Gasteiger partial charge in [0.05, 0.1) is 0 Å². The number of aliphatic hydroxyl groups is 1. The number of nitrogens with zero attached hydrogens (tertiary/aromatic N) is 2. The number of benzene rings is 1. The molecular weight excluding hydrogens is 186 g/mol. The molecule has 14 heavy (non-hydrogen) atoms. The maximum Gasteiger partial charge on any atom is 0.253 e. The lowest BCUT2D eigenvalue weighted by atomic mass is 10.1. The molecule has 72 valence electrons. The Hall–Kier alpha value is -1.88. The van der Waals surface area contributed by atoms with Crippen LogP contribution in [0.2, 0.25) is 0 Å². The molecule has 0 spiro atoms. The van der Waals surface area contributed by atoms with Crippen molar-refractivity contribution in [3.63, 3.8) is 0 Å². The van der Waals surface area contributed by atoms with Crippen LogP contribution in [0.4, 0.5) is 0 Å². The van der Waals surface area contributed by atoms with Crippen LogP contribution in [0.3, 0.4) is 0 Å². The highest BCUT2D eigenvalue weighted by atomic mass is 17.1. The van der Waals surface area contributed by atoms with Gasteiger partial charge in [0.1, 0.15) is 6.61 Å². The third kappa shape index (κ3) is 1.33. The van der Waals surface area contributed by atoms with Crippen LogP contribution in [-0.2, 0) is 6.61 Å². The number of rotatable bonds is 2. The summed E-state index contributed by atoms with van der Waals surface area (Å²) in [4.78, 5) is 0.211. The van der Waals surface area contributed by atoms with Crippen LogP contribution in [0.5, 0.6) is 0 Å². The van der Waals surface area contributed by atoms with Crippen molar-refractivity contribution in [2.75, 3.05) is 0 Å². The second kappa shape index (κ2) is 3.47. The quantitative estimate of drug-likeness (QED) is 0.705.